The largest absolute Gasteiger partial charge is 0.352 e. The van der Waals surface area contributed by atoms with Gasteiger partial charge in [-0.1, -0.05) is 13.8 Å². The average Bonchev–Trinajstić information content (AvgIpc) is 2.84. The van der Waals surface area contributed by atoms with E-state index in [1.165, 1.54) is 11.1 Å². The smallest absolute Gasteiger partial charge is 0.203 e. The second-order valence-electron chi connectivity index (χ2n) is 4.73. The third kappa shape index (κ3) is 3.09. The van der Waals surface area contributed by atoms with Crippen LogP contribution in [0, 0.1) is 12.8 Å². The van der Waals surface area contributed by atoms with Gasteiger partial charge in [-0.05, 0) is 34.7 Å². The summed E-state index contributed by atoms with van der Waals surface area (Å²) in [6, 6.07) is 0. The number of hydrogen-bond acceptors (Lipinski definition) is 3. The number of aryl methyl sites for hydroxylation is 1. The summed E-state index contributed by atoms with van der Waals surface area (Å²) >= 11 is 1.75. The summed E-state index contributed by atoms with van der Waals surface area (Å²) in [7, 11) is 0. The van der Waals surface area contributed by atoms with Crippen molar-refractivity contribution < 1.29 is 0 Å². The fourth-order valence-corrected chi connectivity index (χ4v) is 2.62. The predicted molar refractivity (Wildman–Crippen MR) is 73.4 cm³/mol. The van der Waals surface area contributed by atoms with Crippen LogP contribution in [0.15, 0.2) is 23.2 Å². The van der Waals surface area contributed by atoms with Crippen LogP contribution in [0.2, 0.25) is 0 Å². The van der Waals surface area contributed by atoms with Gasteiger partial charge in [0.1, 0.15) is 0 Å². The van der Waals surface area contributed by atoms with Crippen molar-refractivity contribution in [2.75, 3.05) is 5.32 Å². The number of nitrogens with zero attached hydrogens (tertiary/aromatic N) is 2. The molecule has 0 amide bonds. The van der Waals surface area contributed by atoms with E-state index < -0.39 is 0 Å². The quantitative estimate of drug-likeness (QED) is 0.878. The van der Waals surface area contributed by atoms with Crippen molar-refractivity contribution in [1.82, 2.24) is 9.55 Å². The molecule has 0 saturated heterocycles. The summed E-state index contributed by atoms with van der Waals surface area (Å²) in [6.07, 6.45) is 3.88. The zero-order valence-electron chi connectivity index (χ0n) is 10.6. The van der Waals surface area contributed by atoms with E-state index in [-0.39, 0.29) is 0 Å². The Morgan fingerprint density at radius 3 is 2.88 bits per heavy atom. The molecule has 0 atom stereocenters. The Labute approximate surface area is 107 Å². The maximum absolute atomic E-state index is 4.35. The topological polar surface area (TPSA) is 29.9 Å². The van der Waals surface area contributed by atoms with Gasteiger partial charge in [0.15, 0.2) is 0 Å². The van der Waals surface area contributed by atoms with Crippen LogP contribution in [0.5, 0.6) is 0 Å². The van der Waals surface area contributed by atoms with Gasteiger partial charge in [0, 0.05) is 25.5 Å². The van der Waals surface area contributed by atoms with E-state index >= 15 is 0 Å². The van der Waals surface area contributed by atoms with Crippen molar-refractivity contribution in [3.8, 4) is 0 Å². The molecule has 2 aromatic rings. The fourth-order valence-electron chi connectivity index (χ4n) is 1.76. The van der Waals surface area contributed by atoms with Gasteiger partial charge in [-0.25, -0.2) is 4.98 Å². The van der Waals surface area contributed by atoms with Gasteiger partial charge in [-0.2, -0.15) is 11.3 Å². The van der Waals surface area contributed by atoms with Crippen LogP contribution in [0.4, 0.5) is 5.95 Å². The molecule has 0 bridgehead atoms. The molecule has 1 N–H and O–H groups in total. The Bertz CT molecular complexity index is 470. The summed E-state index contributed by atoms with van der Waals surface area (Å²) in [5.74, 6) is 1.59. The summed E-state index contributed by atoms with van der Waals surface area (Å²) in [5, 5.41) is 7.77. The molecular weight excluding hydrogens is 230 g/mol. The maximum atomic E-state index is 4.35. The van der Waals surface area contributed by atoms with Crippen LogP contribution in [-0.4, -0.2) is 9.55 Å². The molecule has 92 valence electrons. The number of hydrogen-bond donors (Lipinski definition) is 1. The Morgan fingerprint density at radius 1 is 1.41 bits per heavy atom. The normalized spacial score (nSPS) is 11.1. The lowest BCUT2D eigenvalue weighted by Gasteiger charge is -2.11. The summed E-state index contributed by atoms with van der Waals surface area (Å²) in [4.78, 5) is 4.35. The third-order valence-electron chi connectivity index (χ3n) is 2.68. The van der Waals surface area contributed by atoms with E-state index in [2.05, 4.69) is 46.4 Å². The minimum Gasteiger partial charge on any atom is -0.352 e. The first-order valence-electron chi connectivity index (χ1n) is 5.93. The van der Waals surface area contributed by atoms with Crippen LogP contribution in [0.25, 0.3) is 0 Å². The molecule has 0 saturated carbocycles. The lowest BCUT2D eigenvalue weighted by Crippen LogP contribution is -2.10. The molecule has 0 aromatic carbocycles. The summed E-state index contributed by atoms with van der Waals surface area (Å²) in [5.41, 5.74) is 2.71. The van der Waals surface area contributed by atoms with E-state index in [1.807, 2.05) is 12.4 Å². The highest BCUT2D eigenvalue weighted by Crippen LogP contribution is 2.16. The van der Waals surface area contributed by atoms with Crippen molar-refractivity contribution in [2.45, 2.75) is 33.9 Å². The first kappa shape index (κ1) is 12.2. The van der Waals surface area contributed by atoms with E-state index in [9.17, 15) is 0 Å². The minimum atomic E-state index is 0.632. The summed E-state index contributed by atoms with van der Waals surface area (Å²) in [6.45, 7) is 8.43. The van der Waals surface area contributed by atoms with Crippen molar-refractivity contribution in [1.29, 1.82) is 0 Å². The van der Waals surface area contributed by atoms with Gasteiger partial charge in [-0.3, -0.25) is 0 Å². The van der Waals surface area contributed by atoms with Gasteiger partial charge >= 0.3 is 0 Å². The Balaban J connectivity index is 1.99. The molecule has 0 aliphatic carbocycles. The second-order valence-corrected chi connectivity index (χ2v) is 5.47. The number of nitrogens with one attached hydrogen (secondary N) is 1. The maximum Gasteiger partial charge on any atom is 0.203 e. The molecule has 0 spiro atoms. The van der Waals surface area contributed by atoms with Gasteiger partial charge < -0.3 is 9.88 Å². The van der Waals surface area contributed by atoms with E-state index in [0.29, 0.717) is 5.92 Å². The van der Waals surface area contributed by atoms with E-state index in [1.54, 1.807) is 11.3 Å². The molecule has 0 aliphatic rings. The highest BCUT2D eigenvalue weighted by atomic mass is 32.1. The zero-order chi connectivity index (χ0) is 12.3. The molecule has 0 fully saturated rings. The number of rotatable bonds is 5. The van der Waals surface area contributed by atoms with Crippen LogP contribution in [0.3, 0.4) is 0 Å². The van der Waals surface area contributed by atoms with Crippen molar-refractivity contribution in [3.05, 3.63) is 34.3 Å². The number of thiophene rings is 1. The molecule has 17 heavy (non-hydrogen) atoms. The summed E-state index contributed by atoms with van der Waals surface area (Å²) < 4.78 is 2.17. The van der Waals surface area contributed by atoms with Crippen LogP contribution >= 0.6 is 11.3 Å². The molecule has 2 aromatic heterocycles. The first-order valence-corrected chi connectivity index (χ1v) is 6.87. The molecule has 0 unspecified atom stereocenters. The number of anilines is 1. The molecule has 0 radical (unpaired) electrons. The van der Waals surface area contributed by atoms with E-state index in [0.717, 1.165) is 19.0 Å². The first-order chi connectivity index (χ1) is 8.16. The minimum absolute atomic E-state index is 0.632. The number of aromatic nitrogens is 2. The van der Waals surface area contributed by atoms with Crippen molar-refractivity contribution in [3.63, 3.8) is 0 Å². The average molecular weight is 249 g/mol. The van der Waals surface area contributed by atoms with E-state index in [4.69, 9.17) is 0 Å². The molecule has 4 heteroatoms. The zero-order valence-corrected chi connectivity index (χ0v) is 11.4. The van der Waals surface area contributed by atoms with Crippen molar-refractivity contribution in [2.24, 2.45) is 5.92 Å². The monoisotopic (exact) mass is 249 g/mol. The standard InChI is InChI=1S/C13H19N3S/c1-10(2)7-16-5-4-14-13(16)15-6-12-9-17-8-11(12)3/h4-5,8-10H,6-7H2,1-3H3,(H,14,15). The Morgan fingerprint density at radius 2 is 2.24 bits per heavy atom. The predicted octanol–water partition coefficient (Wildman–Crippen LogP) is 3.52. The van der Waals surface area contributed by atoms with Crippen LogP contribution in [-0.2, 0) is 13.1 Å². The lowest BCUT2D eigenvalue weighted by atomic mass is 10.2. The Kier molecular flexibility index (Phi) is 3.84. The molecular formula is C13H19N3S. The Hall–Kier alpha value is -1.29. The van der Waals surface area contributed by atoms with Gasteiger partial charge in [0.2, 0.25) is 5.95 Å². The van der Waals surface area contributed by atoms with Crippen LogP contribution in [0.1, 0.15) is 25.0 Å². The molecule has 2 heterocycles. The SMILES string of the molecule is Cc1cscc1CNc1nccn1CC(C)C. The van der Waals surface area contributed by atoms with Gasteiger partial charge in [-0.15, -0.1) is 0 Å². The van der Waals surface area contributed by atoms with Gasteiger partial charge in [0.05, 0.1) is 0 Å². The number of imidazole rings is 1. The molecule has 3 nitrogen and oxygen atoms in total. The fraction of sp³-hybridized carbons (Fsp3) is 0.462. The van der Waals surface area contributed by atoms with Crippen LogP contribution < -0.4 is 5.32 Å². The molecule has 2 rings (SSSR count). The highest BCUT2D eigenvalue weighted by molar-refractivity contribution is 7.08. The highest BCUT2D eigenvalue weighted by Gasteiger charge is 2.05. The van der Waals surface area contributed by atoms with Gasteiger partial charge in [0.25, 0.3) is 0 Å². The lowest BCUT2D eigenvalue weighted by molar-refractivity contribution is 0.526. The second kappa shape index (κ2) is 5.36. The molecule has 0 aliphatic heterocycles. The van der Waals surface area contributed by atoms with Crippen molar-refractivity contribution >= 4 is 17.3 Å². The third-order valence-corrected chi connectivity index (χ3v) is 3.59.